The van der Waals surface area contributed by atoms with E-state index in [4.69, 9.17) is 45.4 Å². The van der Waals surface area contributed by atoms with Gasteiger partial charge in [0.15, 0.2) is 5.11 Å². The van der Waals surface area contributed by atoms with E-state index in [0.717, 1.165) is 38.7 Å². The molecule has 3 N–H and O–H groups in total. The average molecular weight is 1140 g/mol. The number of rotatable bonds is 29. The molecule has 2 fully saturated rings. The van der Waals surface area contributed by atoms with Gasteiger partial charge in [0.05, 0.1) is 118 Å². The Kier molecular flexibility index (Phi) is 22.7. The van der Waals surface area contributed by atoms with E-state index < -0.39 is 64.2 Å². The monoisotopic (exact) mass is 1140 g/mol. The van der Waals surface area contributed by atoms with E-state index in [-0.39, 0.29) is 69.3 Å². The van der Waals surface area contributed by atoms with Gasteiger partial charge in [0, 0.05) is 25.2 Å². The molecule has 3 atom stereocenters. The summed E-state index contributed by atoms with van der Waals surface area (Å²) < 4.78 is 80.1. The van der Waals surface area contributed by atoms with E-state index in [1.54, 1.807) is 65.9 Å². The Hall–Kier alpha value is -6.14. The molecule has 1 aromatic heterocycles. The molecule has 0 spiro atoms. The van der Waals surface area contributed by atoms with Crippen LogP contribution in [0.4, 0.5) is 24.5 Å². The number of amides is 4. The first-order valence-electron chi connectivity index (χ1n) is 25.7. The van der Waals surface area contributed by atoms with E-state index in [9.17, 15) is 42.7 Å². The van der Waals surface area contributed by atoms with Gasteiger partial charge in [0.1, 0.15) is 36.6 Å². The van der Waals surface area contributed by atoms with Crippen molar-refractivity contribution in [1.82, 2.24) is 20.5 Å². The number of hydrogen-bond acceptors (Lipinski definition) is 16. The van der Waals surface area contributed by atoms with Gasteiger partial charge < -0.3 is 58.7 Å². The zero-order chi connectivity index (χ0) is 57.3. The Bertz CT molecular complexity index is 2730. The second kappa shape index (κ2) is 28.8. The van der Waals surface area contributed by atoms with E-state index >= 15 is 0 Å². The van der Waals surface area contributed by atoms with Crippen LogP contribution in [0.1, 0.15) is 63.4 Å². The molecule has 0 saturated carbocycles. The third-order valence-electron chi connectivity index (χ3n) is 12.8. The molecule has 19 nitrogen and oxygen atoms in total. The van der Waals surface area contributed by atoms with E-state index in [1.165, 1.54) is 11.0 Å². The number of nitrogens with one attached hydrogen (secondary N) is 2. The van der Waals surface area contributed by atoms with Crippen molar-refractivity contribution >= 4 is 63.7 Å². The number of thiocarbonyl (C=S) groups is 1. The van der Waals surface area contributed by atoms with Gasteiger partial charge in [0.25, 0.3) is 5.91 Å². The zero-order valence-electron chi connectivity index (χ0n) is 45.1. The van der Waals surface area contributed by atoms with E-state index in [1.807, 2.05) is 52.0 Å². The first-order valence-corrected chi connectivity index (χ1v) is 26.9. The fourth-order valence-corrected chi connectivity index (χ4v) is 9.95. The maximum Gasteiger partial charge on any atom is 0.417 e. The summed E-state index contributed by atoms with van der Waals surface area (Å²) in [5.41, 5.74) is 1.44. The number of benzene rings is 3. The number of thiazole rings is 1. The highest BCUT2D eigenvalue weighted by molar-refractivity contribution is 7.81. The molecule has 0 aliphatic carbocycles. The quantitative estimate of drug-likeness (QED) is 0.0406. The Morgan fingerprint density at radius 2 is 1.41 bits per heavy atom. The number of ether oxygens (including phenoxy) is 7. The van der Waals surface area contributed by atoms with Gasteiger partial charge in [-0.05, 0) is 92.0 Å². The zero-order valence-corrected chi connectivity index (χ0v) is 46.7. The van der Waals surface area contributed by atoms with Crippen LogP contribution in [0.3, 0.4) is 0 Å². The molecule has 79 heavy (non-hydrogen) atoms. The van der Waals surface area contributed by atoms with Crippen LogP contribution in [0.25, 0.3) is 10.4 Å². The Morgan fingerprint density at radius 1 is 0.848 bits per heavy atom. The molecule has 0 bridgehead atoms. The maximum absolute atomic E-state index is 13.9. The summed E-state index contributed by atoms with van der Waals surface area (Å²) in [5, 5.41) is 25.4. The van der Waals surface area contributed by atoms with E-state index in [0.29, 0.717) is 64.3 Å². The predicted octanol–water partition coefficient (Wildman–Crippen LogP) is 6.21. The number of aliphatic hydroxyl groups is 1. The first kappa shape index (κ1) is 62.1. The van der Waals surface area contributed by atoms with Gasteiger partial charge in [-0.3, -0.25) is 24.1 Å². The number of likely N-dealkylation sites (tertiary alicyclic amines) is 1. The van der Waals surface area contributed by atoms with Gasteiger partial charge in [0.2, 0.25) is 17.7 Å². The van der Waals surface area contributed by atoms with Crippen LogP contribution in [0, 0.1) is 23.7 Å². The molecule has 0 radical (unpaired) electrons. The molecule has 3 heterocycles. The number of nitrogens with zero attached hydrogens (tertiary/aromatic N) is 5. The second-order valence-electron chi connectivity index (χ2n) is 20.1. The summed E-state index contributed by atoms with van der Waals surface area (Å²) in [7, 11) is 0. The molecule has 2 aliphatic rings. The van der Waals surface area contributed by atoms with Crippen LogP contribution >= 0.6 is 23.6 Å². The van der Waals surface area contributed by atoms with Crippen LogP contribution in [0.5, 0.6) is 5.75 Å². The summed E-state index contributed by atoms with van der Waals surface area (Å²) in [6.45, 7) is 14.1. The number of β-amino-alcohol motifs (C(OH)–C–C–N with tert-alkyl or cyclic N) is 1. The molecule has 3 aromatic carbocycles. The minimum absolute atomic E-state index is 0.0111. The summed E-state index contributed by atoms with van der Waals surface area (Å²) in [5.74, 6) is -1.36. The summed E-state index contributed by atoms with van der Waals surface area (Å²) >= 11 is 7.17. The molecule has 4 amide bonds. The summed E-state index contributed by atoms with van der Waals surface area (Å²) in [6.07, 6.45) is -5.61. The van der Waals surface area contributed by atoms with Crippen molar-refractivity contribution in [3.8, 4) is 22.3 Å². The topological polar surface area (TPSA) is 224 Å². The Labute approximate surface area is 467 Å². The maximum atomic E-state index is 13.9. The largest absolute Gasteiger partial charge is 0.491 e. The van der Waals surface area contributed by atoms with Gasteiger partial charge in [-0.15, -0.1) is 11.3 Å². The number of carbonyl (C=O) groups is 4. The summed E-state index contributed by atoms with van der Waals surface area (Å²) in [4.78, 5) is 63.1. The SMILES string of the molecule is Cc1ncsc1-c1ccc(CNC(=O)[C@@H]2C[C@@H](O)CN2C(=O)[C@@H](NC(=O)COCCOCCOCCOCCOCCOCCOc2ccc(N3C(=S)N(c4ccc(C#N)c(C(F)(F)F)c4)C(=O)C3(C)C)cc2)C(C)(C)C)cc1. The number of anilines is 2. The predicted molar refractivity (Wildman–Crippen MR) is 291 cm³/mol. The highest BCUT2D eigenvalue weighted by Gasteiger charge is 2.51. The van der Waals surface area contributed by atoms with Crippen molar-refractivity contribution < 1.29 is 70.6 Å². The lowest BCUT2D eigenvalue weighted by molar-refractivity contribution is -0.144. The molecule has 0 unspecified atom stereocenters. The number of carbonyl (C=O) groups excluding carboxylic acids is 4. The highest BCUT2D eigenvalue weighted by Crippen LogP contribution is 2.40. The number of alkyl halides is 3. The number of hydrogen-bond donors (Lipinski definition) is 3. The van der Waals surface area contributed by atoms with Crippen LogP contribution in [0.2, 0.25) is 0 Å². The smallest absolute Gasteiger partial charge is 0.417 e. The van der Waals surface area contributed by atoms with E-state index in [2.05, 4.69) is 15.6 Å². The standard InChI is InChI=1S/C55H68F3N7O12S2/c1-36-47(79-35-61-36)38-9-7-37(8-10-38)32-60-49(68)45-30-42(66)33-63(45)50(69)48(53(2,3)4)62-46(67)34-76-26-25-74-22-21-72-18-17-71-19-20-73-23-24-75-27-28-77-43-15-13-40(14-16-43)65-52(78)64(51(70)54(65,5)6)41-12-11-39(31-59)44(29-41)55(56,57)58/h7-16,29,35,42,45,48,66H,17-28,30,32-34H2,1-6H3,(H,60,68)(H,62,67)/t42-,45+,48-/m1/s1. The minimum atomic E-state index is -4.80. The molecule has 6 rings (SSSR count). The van der Waals surface area contributed by atoms with Crippen molar-refractivity contribution in [3.63, 3.8) is 0 Å². The van der Waals surface area contributed by atoms with Gasteiger partial charge in [-0.25, -0.2) is 4.98 Å². The fourth-order valence-electron chi connectivity index (χ4n) is 8.62. The molecule has 4 aromatic rings. The average Bonchev–Trinajstić information content (AvgIpc) is 4.29. The van der Waals surface area contributed by atoms with Crippen molar-refractivity contribution in [2.75, 3.05) is 102 Å². The van der Waals surface area contributed by atoms with Crippen molar-refractivity contribution in [1.29, 1.82) is 5.26 Å². The molecule has 428 valence electrons. The molecule has 2 aliphatic heterocycles. The van der Waals surface area contributed by atoms with Crippen molar-refractivity contribution in [3.05, 3.63) is 94.6 Å². The highest BCUT2D eigenvalue weighted by atomic mass is 32.1. The molecular weight excluding hydrogens is 1070 g/mol. The van der Waals surface area contributed by atoms with Gasteiger partial charge >= 0.3 is 6.18 Å². The number of nitriles is 1. The lowest BCUT2D eigenvalue weighted by atomic mass is 9.85. The Balaban J connectivity index is 0.754. The van der Waals surface area contributed by atoms with Crippen LogP contribution < -0.4 is 25.2 Å². The van der Waals surface area contributed by atoms with Crippen LogP contribution in [0.15, 0.2) is 72.2 Å². The second-order valence-corrected chi connectivity index (χ2v) is 21.3. The molecule has 24 heteroatoms. The fraction of sp³-hybridized carbons (Fsp3) is 0.509. The number of aryl methyl sites for hydroxylation is 1. The van der Waals surface area contributed by atoms with Crippen LogP contribution in [-0.4, -0.2) is 160 Å². The third kappa shape index (κ3) is 17.2. The van der Waals surface area contributed by atoms with Crippen LogP contribution in [-0.2, 0) is 60.3 Å². The molecule has 2 saturated heterocycles. The van der Waals surface area contributed by atoms with Gasteiger partial charge in [-0.1, -0.05) is 45.0 Å². The normalized spacial score (nSPS) is 16.8. The number of aliphatic hydroxyl groups excluding tert-OH is 1. The lowest BCUT2D eigenvalue weighted by Crippen LogP contribution is -2.58. The molecular formula is C55H68F3N7O12S2. The first-order chi connectivity index (χ1) is 37.6. The lowest BCUT2D eigenvalue weighted by Gasteiger charge is -2.35. The third-order valence-corrected chi connectivity index (χ3v) is 14.1. The summed E-state index contributed by atoms with van der Waals surface area (Å²) in [6, 6.07) is 17.3. The van der Waals surface area contributed by atoms with Gasteiger partial charge in [-0.2, -0.15) is 18.4 Å². The Morgan fingerprint density at radius 3 is 1.94 bits per heavy atom. The number of aromatic nitrogens is 1. The van der Waals surface area contributed by atoms with Crippen molar-refractivity contribution in [2.24, 2.45) is 5.41 Å². The number of halogens is 3. The van der Waals surface area contributed by atoms with Crippen molar-refractivity contribution in [2.45, 2.75) is 84.4 Å². The minimum Gasteiger partial charge on any atom is -0.491 e.